The monoisotopic (exact) mass is 398 g/mol. The molecular weight excluding hydrogens is 375 g/mol. The highest BCUT2D eigenvalue weighted by Crippen LogP contribution is 2.45. The Hall–Kier alpha value is -2.28. The summed E-state index contributed by atoms with van der Waals surface area (Å²) in [4.78, 5) is 15.2. The second-order valence-electron chi connectivity index (χ2n) is 8.20. The molecule has 5 rings (SSSR count). The zero-order chi connectivity index (χ0) is 19.4. The minimum Gasteiger partial charge on any atom is -0.352 e. The zero-order valence-electron chi connectivity index (χ0n) is 16.0. The van der Waals surface area contributed by atoms with Crippen LogP contribution in [0, 0.1) is 11.8 Å². The third-order valence-corrected chi connectivity index (χ3v) is 7.65. The van der Waals surface area contributed by atoms with Crippen molar-refractivity contribution >= 4 is 27.2 Å². The molecule has 2 aliphatic carbocycles. The van der Waals surface area contributed by atoms with E-state index < -0.39 is 6.17 Å². The molecule has 7 heteroatoms. The molecular formula is C21H23FN4OS. The minimum atomic E-state index is -0.788. The maximum absolute atomic E-state index is 14.9. The van der Waals surface area contributed by atoms with Crippen LogP contribution in [0.25, 0.3) is 20.7 Å². The van der Waals surface area contributed by atoms with Gasteiger partial charge in [-0.1, -0.05) is 0 Å². The van der Waals surface area contributed by atoms with Crippen molar-refractivity contribution in [1.29, 1.82) is 0 Å². The SMILES string of the molecule is CN(c1ccc(-c2cc3ccn(C)c(=O)c3s2)nn1)[C@H]1C[C@@H]2CC[C@@H](C2)[C@H]1F. The van der Waals surface area contributed by atoms with Crippen LogP contribution in [-0.2, 0) is 7.05 Å². The van der Waals surface area contributed by atoms with Gasteiger partial charge in [-0.3, -0.25) is 4.79 Å². The number of alkyl halides is 1. The van der Waals surface area contributed by atoms with Crippen molar-refractivity contribution in [2.75, 3.05) is 11.9 Å². The Morgan fingerprint density at radius 2 is 2.07 bits per heavy atom. The first-order valence-corrected chi connectivity index (χ1v) is 10.6. The van der Waals surface area contributed by atoms with Crippen molar-refractivity contribution < 1.29 is 4.39 Å². The van der Waals surface area contributed by atoms with Gasteiger partial charge in [0.1, 0.15) is 16.6 Å². The zero-order valence-corrected chi connectivity index (χ0v) is 16.8. The fourth-order valence-corrected chi connectivity index (χ4v) is 5.93. The largest absolute Gasteiger partial charge is 0.352 e. The summed E-state index contributed by atoms with van der Waals surface area (Å²) in [5, 5.41) is 9.68. The van der Waals surface area contributed by atoms with Gasteiger partial charge in [0.2, 0.25) is 0 Å². The van der Waals surface area contributed by atoms with E-state index in [9.17, 15) is 9.18 Å². The highest BCUT2D eigenvalue weighted by Gasteiger charge is 2.44. The van der Waals surface area contributed by atoms with Gasteiger partial charge in [0.05, 0.1) is 10.9 Å². The molecule has 2 fully saturated rings. The molecule has 2 saturated carbocycles. The predicted octanol–water partition coefficient (Wildman–Crippen LogP) is 4.02. The van der Waals surface area contributed by atoms with E-state index in [0.29, 0.717) is 11.7 Å². The van der Waals surface area contributed by atoms with Crippen molar-refractivity contribution in [2.45, 2.75) is 37.9 Å². The molecule has 0 spiro atoms. The summed E-state index contributed by atoms with van der Waals surface area (Å²) in [6.45, 7) is 0. The molecule has 3 heterocycles. The maximum atomic E-state index is 14.9. The molecule has 5 nitrogen and oxygen atoms in total. The van der Waals surface area contributed by atoms with E-state index in [-0.39, 0.29) is 17.5 Å². The second kappa shape index (κ2) is 6.65. The molecule has 3 aromatic heterocycles. The first-order chi connectivity index (χ1) is 13.5. The minimum absolute atomic E-state index is 0.000945. The number of fused-ring (bicyclic) bond motifs is 3. The first kappa shape index (κ1) is 17.8. The van der Waals surface area contributed by atoms with Crippen LogP contribution in [0.4, 0.5) is 10.2 Å². The van der Waals surface area contributed by atoms with E-state index in [2.05, 4.69) is 10.2 Å². The van der Waals surface area contributed by atoms with Gasteiger partial charge in [0, 0.05) is 25.7 Å². The van der Waals surface area contributed by atoms with Gasteiger partial charge in [-0.25, -0.2) is 4.39 Å². The Labute approximate surface area is 166 Å². The first-order valence-electron chi connectivity index (χ1n) is 9.81. The average Bonchev–Trinajstić information content (AvgIpc) is 3.32. The number of halogens is 1. The van der Waals surface area contributed by atoms with Crippen LogP contribution in [-0.4, -0.2) is 34.0 Å². The number of aryl methyl sites for hydroxylation is 1. The van der Waals surface area contributed by atoms with E-state index in [0.717, 1.165) is 46.3 Å². The summed E-state index contributed by atoms with van der Waals surface area (Å²) < 4.78 is 17.2. The molecule has 0 aromatic carbocycles. The lowest BCUT2D eigenvalue weighted by atomic mass is 9.83. The Morgan fingerprint density at radius 3 is 2.86 bits per heavy atom. The van der Waals surface area contributed by atoms with Gasteiger partial charge >= 0.3 is 0 Å². The number of nitrogens with zero attached hydrogens (tertiary/aromatic N) is 4. The van der Waals surface area contributed by atoms with Gasteiger partial charge in [-0.15, -0.1) is 21.5 Å². The van der Waals surface area contributed by atoms with Crippen molar-refractivity contribution in [2.24, 2.45) is 18.9 Å². The molecule has 0 aliphatic heterocycles. The van der Waals surface area contributed by atoms with Gasteiger partial charge < -0.3 is 9.47 Å². The number of pyridine rings is 1. The van der Waals surface area contributed by atoms with Crippen LogP contribution in [0.3, 0.4) is 0 Å². The Morgan fingerprint density at radius 1 is 1.21 bits per heavy atom. The number of anilines is 1. The van der Waals surface area contributed by atoms with Crippen LogP contribution < -0.4 is 10.5 Å². The lowest BCUT2D eigenvalue weighted by Crippen LogP contribution is -2.46. The van der Waals surface area contributed by atoms with Crippen molar-refractivity contribution in [1.82, 2.24) is 14.8 Å². The second-order valence-corrected chi connectivity index (χ2v) is 9.25. The van der Waals surface area contributed by atoms with Crippen LogP contribution >= 0.6 is 11.3 Å². The molecule has 2 aliphatic rings. The molecule has 0 radical (unpaired) electrons. The van der Waals surface area contributed by atoms with Gasteiger partial charge in [-0.05, 0) is 61.8 Å². The summed E-state index contributed by atoms with van der Waals surface area (Å²) in [5.74, 6) is 1.56. The number of hydrogen-bond acceptors (Lipinski definition) is 5. The Balaban J connectivity index is 1.41. The van der Waals surface area contributed by atoms with Crippen molar-refractivity contribution in [3.8, 4) is 10.6 Å². The fourth-order valence-electron chi connectivity index (χ4n) is 4.83. The van der Waals surface area contributed by atoms with Crippen molar-refractivity contribution in [3.05, 3.63) is 40.8 Å². The van der Waals surface area contributed by atoms with E-state index in [1.807, 2.05) is 36.2 Å². The molecule has 3 aromatic rings. The third-order valence-electron chi connectivity index (χ3n) is 6.49. The van der Waals surface area contributed by atoms with Gasteiger partial charge in [0.15, 0.2) is 5.82 Å². The normalized spacial score (nSPS) is 26.7. The van der Waals surface area contributed by atoms with Crippen molar-refractivity contribution in [3.63, 3.8) is 0 Å². The Bertz CT molecular complexity index is 1080. The molecule has 0 saturated heterocycles. The highest BCUT2D eigenvalue weighted by atomic mass is 32.1. The standard InChI is InChI=1S/C21H23FN4OS/c1-25-8-7-14-11-17(28-20(14)21(25)27)15-5-6-18(24-23-15)26(2)16-10-12-3-4-13(9-12)19(16)22/h5-8,11-13,16,19H,3-4,9-10H2,1-2H3/t12-,13+,16+,19-/m1/s1. The lowest BCUT2D eigenvalue weighted by Gasteiger charge is -2.38. The van der Waals surface area contributed by atoms with Crippen LogP contribution in [0.15, 0.2) is 35.3 Å². The summed E-state index contributed by atoms with van der Waals surface area (Å²) in [7, 11) is 3.68. The lowest BCUT2D eigenvalue weighted by molar-refractivity contribution is 0.144. The van der Waals surface area contributed by atoms with Crippen LogP contribution in [0.2, 0.25) is 0 Å². The number of thiophene rings is 1. The topological polar surface area (TPSA) is 51.0 Å². The predicted molar refractivity (Wildman–Crippen MR) is 111 cm³/mol. The molecule has 146 valence electrons. The summed E-state index contributed by atoms with van der Waals surface area (Å²) in [6.07, 6.45) is 5.11. The van der Waals surface area contributed by atoms with Gasteiger partial charge in [-0.2, -0.15) is 0 Å². The number of rotatable bonds is 3. The van der Waals surface area contributed by atoms with E-state index in [1.165, 1.54) is 11.3 Å². The molecule has 2 bridgehead atoms. The Kier molecular flexibility index (Phi) is 4.23. The van der Waals surface area contributed by atoms with Crippen LogP contribution in [0.5, 0.6) is 0 Å². The number of aromatic nitrogens is 3. The molecule has 28 heavy (non-hydrogen) atoms. The quantitative estimate of drug-likeness (QED) is 0.669. The summed E-state index contributed by atoms with van der Waals surface area (Å²) in [5.41, 5.74) is 0.736. The van der Waals surface area contributed by atoms with Crippen LogP contribution in [0.1, 0.15) is 25.7 Å². The summed E-state index contributed by atoms with van der Waals surface area (Å²) >= 11 is 1.43. The smallest absolute Gasteiger partial charge is 0.268 e. The molecule has 0 amide bonds. The summed E-state index contributed by atoms with van der Waals surface area (Å²) in [6, 6.07) is 7.63. The number of hydrogen-bond donors (Lipinski definition) is 0. The molecule has 4 atom stereocenters. The van der Waals surface area contributed by atoms with E-state index in [1.54, 1.807) is 17.8 Å². The maximum Gasteiger partial charge on any atom is 0.268 e. The molecule has 0 N–H and O–H groups in total. The fraction of sp³-hybridized carbons (Fsp3) is 0.476. The molecule has 0 unspecified atom stereocenters. The van der Waals surface area contributed by atoms with E-state index in [4.69, 9.17) is 0 Å². The van der Waals surface area contributed by atoms with E-state index >= 15 is 0 Å². The third kappa shape index (κ3) is 2.83. The highest BCUT2D eigenvalue weighted by molar-refractivity contribution is 7.22. The average molecular weight is 399 g/mol. The van der Waals surface area contributed by atoms with Gasteiger partial charge in [0.25, 0.3) is 5.56 Å².